The van der Waals surface area contributed by atoms with Gasteiger partial charge < -0.3 is 16.2 Å². The number of aromatic nitrogens is 1. The zero-order valence-electron chi connectivity index (χ0n) is 8.95. The molecule has 1 aromatic heterocycles. The second-order valence-electron chi connectivity index (χ2n) is 3.51. The second-order valence-corrected chi connectivity index (χ2v) is 3.51. The fourth-order valence-electron chi connectivity index (χ4n) is 1.36. The van der Waals surface area contributed by atoms with Crippen LogP contribution in [0.4, 0.5) is 11.5 Å². The summed E-state index contributed by atoms with van der Waals surface area (Å²) < 4.78 is 0. The van der Waals surface area contributed by atoms with E-state index in [1.165, 1.54) is 0 Å². The van der Waals surface area contributed by atoms with Crippen molar-refractivity contribution in [1.82, 2.24) is 4.98 Å². The van der Waals surface area contributed by atoms with Gasteiger partial charge in [0, 0.05) is 19.3 Å². The molecule has 1 aromatic rings. The van der Waals surface area contributed by atoms with Gasteiger partial charge in [-0.25, -0.2) is 4.98 Å². The van der Waals surface area contributed by atoms with Gasteiger partial charge in [-0.15, -0.1) is 0 Å². The van der Waals surface area contributed by atoms with Gasteiger partial charge in [-0.05, 0) is 25.0 Å². The first-order chi connectivity index (χ1) is 7.34. The van der Waals surface area contributed by atoms with Crippen LogP contribution in [0.1, 0.15) is 25.7 Å². The van der Waals surface area contributed by atoms with Crippen LogP contribution in [-0.2, 0) is 0 Å². The molecule has 1 rings (SSSR count). The van der Waals surface area contributed by atoms with Crippen LogP contribution in [0.5, 0.6) is 0 Å². The zero-order valence-corrected chi connectivity index (χ0v) is 8.95. The number of pyridine rings is 1. The number of unbranched alkanes of at least 4 members (excludes halogenated alkanes) is 3. The number of rotatable bonds is 7. The molecule has 15 heavy (non-hydrogen) atoms. The largest absolute Gasteiger partial charge is 0.396 e. The molecule has 0 aliphatic rings. The summed E-state index contributed by atoms with van der Waals surface area (Å²) in [5, 5.41) is 11.8. The van der Waals surface area contributed by atoms with Crippen molar-refractivity contribution in [2.24, 2.45) is 0 Å². The van der Waals surface area contributed by atoms with Crippen molar-refractivity contribution in [2.75, 3.05) is 24.2 Å². The fourth-order valence-corrected chi connectivity index (χ4v) is 1.36. The second kappa shape index (κ2) is 7.06. The molecule has 0 aliphatic carbocycles. The van der Waals surface area contributed by atoms with Crippen LogP contribution in [0.3, 0.4) is 0 Å². The van der Waals surface area contributed by atoms with Crippen LogP contribution in [0.25, 0.3) is 0 Å². The van der Waals surface area contributed by atoms with Gasteiger partial charge in [-0.3, -0.25) is 0 Å². The van der Waals surface area contributed by atoms with E-state index in [4.69, 9.17) is 10.8 Å². The summed E-state index contributed by atoms with van der Waals surface area (Å²) in [6, 6.07) is 3.66. The minimum Gasteiger partial charge on any atom is -0.396 e. The highest BCUT2D eigenvalue weighted by Gasteiger charge is 1.97. The Morgan fingerprint density at radius 2 is 2.07 bits per heavy atom. The minimum absolute atomic E-state index is 0.292. The van der Waals surface area contributed by atoms with Crippen molar-refractivity contribution < 1.29 is 5.11 Å². The van der Waals surface area contributed by atoms with Gasteiger partial charge in [0.05, 0.1) is 5.69 Å². The number of nitrogens with zero attached hydrogens (tertiary/aromatic N) is 1. The lowest BCUT2D eigenvalue weighted by Crippen LogP contribution is -2.05. The molecular formula is C11H19N3O. The molecule has 4 nitrogen and oxygen atoms in total. The van der Waals surface area contributed by atoms with Crippen molar-refractivity contribution >= 4 is 11.5 Å². The van der Waals surface area contributed by atoms with Crippen molar-refractivity contribution in [3.05, 3.63) is 18.3 Å². The Hall–Kier alpha value is -1.29. The van der Waals surface area contributed by atoms with E-state index in [-0.39, 0.29) is 0 Å². The van der Waals surface area contributed by atoms with E-state index in [9.17, 15) is 0 Å². The Morgan fingerprint density at radius 3 is 2.80 bits per heavy atom. The highest BCUT2D eigenvalue weighted by molar-refractivity contribution is 5.60. The maximum atomic E-state index is 8.60. The fraction of sp³-hybridized carbons (Fsp3) is 0.545. The Labute approximate surface area is 90.5 Å². The molecule has 0 aromatic carbocycles. The summed E-state index contributed by atoms with van der Waals surface area (Å²) in [6.45, 7) is 1.17. The van der Waals surface area contributed by atoms with Gasteiger partial charge in [0.25, 0.3) is 0 Å². The number of nitrogens with two attached hydrogens (primary N) is 1. The summed E-state index contributed by atoms with van der Waals surface area (Å²) in [4.78, 5) is 4.14. The number of nitrogen functional groups attached to an aromatic ring is 1. The molecule has 0 fully saturated rings. The molecule has 84 valence electrons. The third-order valence-electron chi connectivity index (χ3n) is 2.22. The molecular weight excluding hydrogens is 190 g/mol. The maximum Gasteiger partial charge on any atom is 0.149 e. The maximum absolute atomic E-state index is 8.60. The van der Waals surface area contributed by atoms with Gasteiger partial charge in [0.15, 0.2) is 0 Å². The lowest BCUT2D eigenvalue weighted by Gasteiger charge is -2.07. The molecule has 0 unspecified atom stereocenters. The SMILES string of the molecule is Nc1cccnc1NCCCCCCO. The minimum atomic E-state index is 0.292. The van der Waals surface area contributed by atoms with Crippen molar-refractivity contribution in [1.29, 1.82) is 0 Å². The Balaban J connectivity index is 2.12. The van der Waals surface area contributed by atoms with Crippen LogP contribution >= 0.6 is 0 Å². The van der Waals surface area contributed by atoms with E-state index in [1.807, 2.05) is 12.1 Å². The Morgan fingerprint density at radius 1 is 1.27 bits per heavy atom. The van der Waals surface area contributed by atoms with Gasteiger partial charge in [-0.1, -0.05) is 12.8 Å². The van der Waals surface area contributed by atoms with Crippen LogP contribution < -0.4 is 11.1 Å². The van der Waals surface area contributed by atoms with Crippen LogP contribution in [0, 0.1) is 0 Å². The van der Waals surface area contributed by atoms with Crippen LogP contribution in [0.15, 0.2) is 18.3 Å². The van der Waals surface area contributed by atoms with Gasteiger partial charge >= 0.3 is 0 Å². The molecule has 0 aliphatic heterocycles. The number of anilines is 2. The first kappa shape index (κ1) is 11.8. The third kappa shape index (κ3) is 4.65. The molecule has 0 saturated heterocycles. The predicted octanol–water partition coefficient (Wildman–Crippen LogP) is 1.63. The molecule has 0 saturated carbocycles. The summed E-state index contributed by atoms with van der Waals surface area (Å²) in [7, 11) is 0. The highest BCUT2D eigenvalue weighted by Crippen LogP contribution is 2.12. The van der Waals surface area contributed by atoms with E-state index in [0.717, 1.165) is 38.0 Å². The summed E-state index contributed by atoms with van der Waals surface area (Å²) in [5.74, 6) is 0.764. The number of hydrogen-bond acceptors (Lipinski definition) is 4. The quantitative estimate of drug-likeness (QED) is 0.597. The number of aliphatic hydroxyl groups excluding tert-OH is 1. The Bertz CT molecular complexity index is 278. The first-order valence-electron chi connectivity index (χ1n) is 5.40. The van der Waals surface area contributed by atoms with Gasteiger partial charge in [-0.2, -0.15) is 0 Å². The average molecular weight is 209 g/mol. The molecule has 0 atom stereocenters. The van der Waals surface area contributed by atoms with Crippen LogP contribution in [-0.4, -0.2) is 23.2 Å². The van der Waals surface area contributed by atoms with E-state index < -0.39 is 0 Å². The molecule has 4 N–H and O–H groups in total. The summed E-state index contributed by atoms with van der Waals surface area (Å²) in [6.07, 6.45) is 5.91. The van der Waals surface area contributed by atoms with Gasteiger partial charge in [0.2, 0.25) is 0 Å². The van der Waals surface area contributed by atoms with Crippen molar-refractivity contribution in [3.8, 4) is 0 Å². The average Bonchev–Trinajstić information content (AvgIpc) is 2.25. The molecule has 4 heteroatoms. The molecule has 0 amide bonds. The summed E-state index contributed by atoms with van der Waals surface area (Å²) in [5.41, 5.74) is 6.41. The lowest BCUT2D eigenvalue weighted by molar-refractivity contribution is 0.283. The molecule has 1 heterocycles. The number of nitrogens with one attached hydrogen (secondary N) is 1. The highest BCUT2D eigenvalue weighted by atomic mass is 16.2. The zero-order chi connectivity index (χ0) is 10.9. The molecule has 0 spiro atoms. The Kier molecular flexibility index (Phi) is 5.55. The molecule has 0 radical (unpaired) electrons. The summed E-state index contributed by atoms with van der Waals surface area (Å²) >= 11 is 0. The van der Waals surface area contributed by atoms with E-state index in [2.05, 4.69) is 10.3 Å². The van der Waals surface area contributed by atoms with E-state index in [0.29, 0.717) is 12.3 Å². The number of hydrogen-bond donors (Lipinski definition) is 3. The monoisotopic (exact) mass is 209 g/mol. The smallest absolute Gasteiger partial charge is 0.149 e. The van der Waals surface area contributed by atoms with Gasteiger partial charge in [0.1, 0.15) is 5.82 Å². The number of aliphatic hydroxyl groups is 1. The normalized spacial score (nSPS) is 10.2. The van der Waals surface area contributed by atoms with Crippen molar-refractivity contribution in [2.45, 2.75) is 25.7 Å². The van der Waals surface area contributed by atoms with E-state index >= 15 is 0 Å². The predicted molar refractivity (Wildman–Crippen MR) is 62.7 cm³/mol. The standard InChI is InChI=1S/C11H19N3O/c12-10-6-5-8-14-11(10)13-7-3-1-2-4-9-15/h5-6,8,15H,1-4,7,9,12H2,(H,13,14). The van der Waals surface area contributed by atoms with Crippen molar-refractivity contribution in [3.63, 3.8) is 0 Å². The first-order valence-corrected chi connectivity index (χ1v) is 5.40. The molecule has 0 bridgehead atoms. The third-order valence-corrected chi connectivity index (χ3v) is 2.22. The van der Waals surface area contributed by atoms with Crippen LogP contribution in [0.2, 0.25) is 0 Å². The lowest BCUT2D eigenvalue weighted by atomic mass is 10.2. The van der Waals surface area contributed by atoms with E-state index in [1.54, 1.807) is 6.20 Å². The topological polar surface area (TPSA) is 71.2 Å².